The fourth-order valence-electron chi connectivity index (χ4n) is 4.28. The van der Waals surface area contributed by atoms with Gasteiger partial charge in [0.05, 0.1) is 6.54 Å². The van der Waals surface area contributed by atoms with E-state index in [1.165, 1.54) is 12.0 Å². The Balaban J connectivity index is 1.70. The van der Waals surface area contributed by atoms with Crippen molar-refractivity contribution in [3.8, 4) is 0 Å². The standard InChI is InChI=1S/C22H30N2O3/c1-4-15(2)16-10-12-17(13-11-16)19(25)14-24-20(26)22(3,23-21(24)27)18-8-6-5-7-9-18/h10-13,15,18H,4-9,14H2,1-3H3,(H,23,27)/t15-,22+/m0/s1. The molecule has 3 amide bonds. The molecule has 1 aliphatic heterocycles. The number of amides is 3. The molecule has 146 valence electrons. The Hall–Kier alpha value is -2.17. The number of hydrogen-bond donors (Lipinski definition) is 1. The average molecular weight is 370 g/mol. The van der Waals surface area contributed by atoms with Gasteiger partial charge in [-0.15, -0.1) is 0 Å². The molecule has 1 aromatic rings. The molecular formula is C22H30N2O3. The first-order valence-corrected chi connectivity index (χ1v) is 10.1. The van der Waals surface area contributed by atoms with Crippen molar-refractivity contribution in [3.63, 3.8) is 0 Å². The molecule has 0 unspecified atom stereocenters. The smallest absolute Gasteiger partial charge is 0.323 e. The molecule has 2 fully saturated rings. The van der Waals surface area contributed by atoms with E-state index in [0.29, 0.717) is 11.5 Å². The molecule has 27 heavy (non-hydrogen) atoms. The van der Waals surface area contributed by atoms with Gasteiger partial charge in [0.1, 0.15) is 5.54 Å². The maximum absolute atomic E-state index is 13.0. The Labute approximate surface area is 161 Å². The quantitative estimate of drug-likeness (QED) is 0.600. The summed E-state index contributed by atoms with van der Waals surface area (Å²) >= 11 is 0. The maximum atomic E-state index is 13.0. The molecule has 5 heteroatoms. The van der Waals surface area contributed by atoms with Crippen LogP contribution >= 0.6 is 0 Å². The van der Waals surface area contributed by atoms with Crippen LogP contribution in [-0.2, 0) is 4.79 Å². The number of nitrogens with one attached hydrogen (secondary N) is 1. The van der Waals surface area contributed by atoms with Crippen molar-refractivity contribution < 1.29 is 14.4 Å². The highest BCUT2D eigenvalue weighted by atomic mass is 16.2. The third kappa shape index (κ3) is 3.78. The third-order valence-electron chi connectivity index (χ3n) is 6.44. The summed E-state index contributed by atoms with van der Waals surface area (Å²) in [6.07, 6.45) is 6.29. The molecule has 0 aromatic heterocycles. The minimum Gasteiger partial charge on any atom is -0.323 e. The van der Waals surface area contributed by atoms with Gasteiger partial charge in [-0.1, -0.05) is 57.4 Å². The lowest BCUT2D eigenvalue weighted by molar-refractivity contribution is -0.132. The number of carbonyl (C=O) groups excluding carboxylic acids is 3. The van der Waals surface area contributed by atoms with E-state index in [4.69, 9.17) is 0 Å². The Kier molecular flexibility index (Phi) is 5.68. The second-order valence-electron chi connectivity index (χ2n) is 8.21. The van der Waals surface area contributed by atoms with E-state index < -0.39 is 11.6 Å². The SMILES string of the molecule is CC[C@H](C)c1ccc(C(=O)CN2C(=O)N[C@](C)(C3CCCCC3)C2=O)cc1. The van der Waals surface area contributed by atoms with Crippen molar-refractivity contribution in [2.24, 2.45) is 5.92 Å². The van der Waals surface area contributed by atoms with Gasteiger partial charge >= 0.3 is 6.03 Å². The molecule has 1 N–H and O–H groups in total. The number of rotatable bonds is 6. The second-order valence-corrected chi connectivity index (χ2v) is 8.21. The van der Waals surface area contributed by atoms with Crippen molar-refractivity contribution in [2.45, 2.75) is 70.8 Å². The van der Waals surface area contributed by atoms with Crippen LogP contribution in [0.15, 0.2) is 24.3 Å². The summed E-state index contributed by atoms with van der Waals surface area (Å²) in [5.74, 6) is 0.125. The van der Waals surface area contributed by atoms with E-state index in [-0.39, 0.29) is 24.2 Å². The number of hydrogen-bond acceptors (Lipinski definition) is 3. The van der Waals surface area contributed by atoms with E-state index in [2.05, 4.69) is 19.2 Å². The van der Waals surface area contributed by atoms with E-state index in [1.54, 1.807) is 12.1 Å². The fraction of sp³-hybridized carbons (Fsp3) is 0.591. The van der Waals surface area contributed by atoms with Crippen molar-refractivity contribution >= 4 is 17.7 Å². The van der Waals surface area contributed by atoms with Crippen LogP contribution in [0, 0.1) is 5.92 Å². The molecule has 1 aliphatic carbocycles. The number of Topliss-reactive ketones (excluding diaryl/α,β-unsaturated/α-hetero) is 1. The summed E-state index contributed by atoms with van der Waals surface area (Å²) in [7, 11) is 0. The van der Waals surface area contributed by atoms with Gasteiger partial charge in [-0.05, 0) is 43.6 Å². The zero-order chi connectivity index (χ0) is 19.6. The topological polar surface area (TPSA) is 66.5 Å². The third-order valence-corrected chi connectivity index (χ3v) is 6.44. The van der Waals surface area contributed by atoms with Gasteiger partial charge in [0, 0.05) is 5.56 Å². The first kappa shape index (κ1) is 19.6. The van der Waals surface area contributed by atoms with Crippen LogP contribution in [0.5, 0.6) is 0 Å². The van der Waals surface area contributed by atoms with Crippen molar-refractivity contribution in [1.82, 2.24) is 10.2 Å². The van der Waals surface area contributed by atoms with E-state index in [1.807, 2.05) is 19.1 Å². The second kappa shape index (κ2) is 7.83. The molecule has 1 saturated carbocycles. The minimum atomic E-state index is -0.877. The highest BCUT2D eigenvalue weighted by Gasteiger charge is 2.52. The fourth-order valence-corrected chi connectivity index (χ4v) is 4.28. The predicted molar refractivity (Wildman–Crippen MR) is 105 cm³/mol. The summed E-state index contributed by atoms with van der Waals surface area (Å²) in [6, 6.07) is 7.06. The first-order valence-electron chi connectivity index (χ1n) is 10.1. The van der Waals surface area contributed by atoms with Gasteiger partial charge in [0.2, 0.25) is 0 Å². The Morgan fingerprint density at radius 2 is 1.81 bits per heavy atom. The van der Waals surface area contributed by atoms with E-state index in [9.17, 15) is 14.4 Å². The predicted octanol–water partition coefficient (Wildman–Crippen LogP) is 4.27. The Morgan fingerprint density at radius 3 is 2.41 bits per heavy atom. The molecule has 2 atom stereocenters. The van der Waals surface area contributed by atoms with Crippen molar-refractivity contribution in [3.05, 3.63) is 35.4 Å². The minimum absolute atomic E-state index is 0.151. The number of urea groups is 1. The average Bonchev–Trinajstić information content (AvgIpc) is 2.92. The molecule has 0 spiro atoms. The molecule has 0 radical (unpaired) electrons. The Bertz CT molecular complexity index is 722. The van der Waals surface area contributed by atoms with Crippen LogP contribution in [0.2, 0.25) is 0 Å². The summed E-state index contributed by atoms with van der Waals surface area (Å²) in [6.45, 7) is 5.89. The van der Waals surface area contributed by atoms with Gasteiger partial charge < -0.3 is 5.32 Å². The van der Waals surface area contributed by atoms with Gasteiger partial charge in [-0.2, -0.15) is 0 Å². The number of benzene rings is 1. The number of imide groups is 1. The van der Waals surface area contributed by atoms with Gasteiger partial charge in [0.25, 0.3) is 5.91 Å². The van der Waals surface area contributed by atoms with Crippen LogP contribution in [0.1, 0.15) is 81.1 Å². The first-order chi connectivity index (χ1) is 12.9. The van der Waals surface area contributed by atoms with E-state index >= 15 is 0 Å². The van der Waals surface area contributed by atoms with Crippen molar-refractivity contribution in [2.75, 3.05) is 6.54 Å². The lowest BCUT2D eigenvalue weighted by Crippen LogP contribution is -2.51. The number of carbonyl (C=O) groups is 3. The number of nitrogens with zero attached hydrogens (tertiary/aromatic N) is 1. The Morgan fingerprint density at radius 1 is 1.19 bits per heavy atom. The highest BCUT2D eigenvalue weighted by Crippen LogP contribution is 2.36. The summed E-state index contributed by atoms with van der Waals surface area (Å²) in [5.41, 5.74) is 0.848. The molecule has 5 nitrogen and oxygen atoms in total. The molecule has 3 rings (SSSR count). The molecule has 2 aliphatic rings. The van der Waals surface area contributed by atoms with Crippen molar-refractivity contribution in [1.29, 1.82) is 0 Å². The van der Waals surface area contributed by atoms with Crippen LogP contribution in [0.3, 0.4) is 0 Å². The summed E-state index contributed by atoms with van der Waals surface area (Å²) in [4.78, 5) is 39.2. The van der Waals surface area contributed by atoms with Crippen LogP contribution in [-0.4, -0.2) is 34.7 Å². The summed E-state index contributed by atoms with van der Waals surface area (Å²) in [5, 5.41) is 2.87. The lowest BCUT2D eigenvalue weighted by atomic mass is 9.75. The van der Waals surface area contributed by atoms with Gasteiger partial charge in [-0.25, -0.2) is 4.79 Å². The number of ketones is 1. The van der Waals surface area contributed by atoms with Crippen LogP contribution in [0.4, 0.5) is 4.79 Å². The van der Waals surface area contributed by atoms with Crippen LogP contribution in [0.25, 0.3) is 0 Å². The molecule has 0 bridgehead atoms. The van der Waals surface area contributed by atoms with Gasteiger partial charge in [-0.3, -0.25) is 14.5 Å². The highest BCUT2D eigenvalue weighted by molar-refractivity contribution is 6.11. The maximum Gasteiger partial charge on any atom is 0.325 e. The van der Waals surface area contributed by atoms with E-state index in [0.717, 1.165) is 37.0 Å². The molecule has 1 heterocycles. The zero-order valence-corrected chi connectivity index (χ0v) is 16.6. The monoisotopic (exact) mass is 370 g/mol. The normalized spacial score (nSPS) is 24.8. The molecule has 1 saturated heterocycles. The lowest BCUT2D eigenvalue weighted by Gasteiger charge is -2.34. The van der Waals surface area contributed by atoms with Gasteiger partial charge in [0.15, 0.2) is 5.78 Å². The summed E-state index contributed by atoms with van der Waals surface area (Å²) < 4.78 is 0. The van der Waals surface area contributed by atoms with Crippen LogP contribution < -0.4 is 5.32 Å². The largest absolute Gasteiger partial charge is 0.325 e. The molecular weight excluding hydrogens is 340 g/mol. The zero-order valence-electron chi connectivity index (χ0n) is 16.6. The molecule has 1 aromatic carbocycles.